The van der Waals surface area contributed by atoms with Crippen molar-refractivity contribution in [3.05, 3.63) is 29.3 Å². The molecule has 1 aromatic heterocycles. The molecule has 4 rings (SSSR count). The molecular weight excluding hydrogens is 406 g/mol. The van der Waals surface area contributed by atoms with Gasteiger partial charge in [-0.15, -0.1) is 10.2 Å². The normalized spacial score (nSPS) is 18.3. The molecule has 0 bridgehead atoms. The van der Waals surface area contributed by atoms with Gasteiger partial charge in [0.15, 0.2) is 6.04 Å². The number of hydrogen-bond donors (Lipinski definition) is 1. The first-order chi connectivity index (χ1) is 14.5. The Bertz CT molecular complexity index is 889. The van der Waals surface area contributed by atoms with Gasteiger partial charge in [0.05, 0.1) is 6.54 Å². The Balaban J connectivity index is 1.34. The molecule has 2 amide bonds. The molecule has 2 heterocycles. The second kappa shape index (κ2) is 9.09. The first-order valence-corrected chi connectivity index (χ1v) is 10.8. The number of nitrogens with zero attached hydrogens (tertiary/aromatic N) is 6. The zero-order valence-corrected chi connectivity index (χ0v) is 17.8. The smallest absolute Gasteiger partial charge is 0.249 e. The van der Waals surface area contributed by atoms with Crippen LogP contribution in [0.2, 0.25) is 5.02 Å². The van der Waals surface area contributed by atoms with Crippen molar-refractivity contribution in [1.82, 2.24) is 35.3 Å². The van der Waals surface area contributed by atoms with Crippen molar-refractivity contribution in [3.63, 3.8) is 0 Å². The minimum Gasteiger partial charge on any atom is -0.352 e. The Morgan fingerprint density at radius 1 is 1.17 bits per heavy atom. The minimum absolute atomic E-state index is 0.0142. The van der Waals surface area contributed by atoms with Gasteiger partial charge in [-0.1, -0.05) is 18.5 Å². The van der Waals surface area contributed by atoms with Crippen molar-refractivity contribution >= 4 is 23.4 Å². The summed E-state index contributed by atoms with van der Waals surface area (Å²) in [6, 6.07) is 7.06. The summed E-state index contributed by atoms with van der Waals surface area (Å²) in [5.41, 5.74) is 0.797. The van der Waals surface area contributed by atoms with Gasteiger partial charge in [-0.05, 0) is 48.7 Å². The van der Waals surface area contributed by atoms with Gasteiger partial charge in [-0.3, -0.25) is 14.5 Å². The van der Waals surface area contributed by atoms with Crippen molar-refractivity contribution in [2.24, 2.45) is 0 Å². The topological polar surface area (TPSA) is 96.2 Å². The number of tetrazole rings is 1. The first kappa shape index (κ1) is 20.7. The van der Waals surface area contributed by atoms with E-state index in [-0.39, 0.29) is 11.8 Å². The Hall–Kier alpha value is -2.52. The van der Waals surface area contributed by atoms with Crippen LogP contribution >= 0.6 is 11.6 Å². The molecular formula is C20H26ClN7O2. The average Bonchev–Trinajstić information content (AvgIpc) is 3.42. The van der Waals surface area contributed by atoms with Crippen LogP contribution < -0.4 is 5.32 Å². The SMILES string of the molecule is CCC(C(=O)N1CCN(CC(=O)NC2CC2)CC1)n1nnc(-c2ccc(Cl)cc2)n1. The largest absolute Gasteiger partial charge is 0.352 e. The number of carbonyl (C=O) groups excluding carboxylic acids is 2. The maximum atomic E-state index is 13.1. The summed E-state index contributed by atoms with van der Waals surface area (Å²) in [5.74, 6) is 0.523. The van der Waals surface area contributed by atoms with Crippen LogP contribution in [0.5, 0.6) is 0 Å². The van der Waals surface area contributed by atoms with Crippen molar-refractivity contribution in [2.45, 2.75) is 38.3 Å². The van der Waals surface area contributed by atoms with Gasteiger partial charge >= 0.3 is 0 Å². The van der Waals surface area contributed by atoms with Gasteiger partial charge in [0.1, 0.15) is 0 Å². The number of piperazine rings is 1. The molecule has 1 aliphatic carbocycles. The Kier molecular flexibility index (Phi) is 6.29. The fourth-order valence-electron chi connectivity index (χ4n) is 3.55. The van der Waals surface area contributed by atoms with Gasteiger partial charge in [0.2, 0.25) is 17.6 Å². The lowest BCUT2D eigenvalue weighted by Gasteiger charge is -2.35. The number of aromatic nitrogens is 4. The van der Waals surface area contributed by atoms with E-state index in [1.165, 1.54) is 4.80 Å². The molecule has 160 valence electrons. The monoisotopic (exact) mass is 431 g/mol. The van der Waals surface area contributed by atoms with Gasteiger partial charge < -0.3 is 10.2 Å². The van der Waals surface area contributed by atoms with E-state index in [1.807, 2.05) is 24.0 Å². The van der Waals surface area contributed by atoms with E-state index in [4.69, 9.17) is 11.6 Å². The molecule has 1 saturated heterocycles. The van der Waals surface area contributed by atoms with Crippen LogP contribution in [0.4, 0.5) is 0 Å². The molecule has 30 heavy (non-hydrogen) atoms. The molecule has 1 unspecified atom stereocenters. The predicted molar refractivity (Wildman–Crippen MR) is 112 cm³/mol. The minimum atomic E-state index is -0.497. The highest BCUT2D eigenvalue weighted by atomic mass is 35.5. The number of carbonyl (C=O) groups is 2. The highest BCUT2D eigenvalue weighted by molar-refractivity contribution is 6.30. The quantitative estimate of drug-likeness (QED) is 0.711. The highest BCUT2D eigenvalue weighted by Gasteiger charge is 2.30. The first-order valence-electron chi connectivity index (χ1n) is 10.4. The molecule has 2 aliphatic rings. The van der Waals surface area contributed by atoms with Crippen LogP contribution in [0.15, 0.2) is 24.3 Å². The van der Waals surface area contributed by atoms with Gasteiger partial charge in [0.25, 0.3) is 0 Å². The van der Waals surface area contributed by atoms with E-state index in [0.717, 1.165) is 18.4 Å². The van der Waals surface area contributed by atoms with Crippen molar-refractivity contribution < 1.29 is 9.59 Å². The zero-order chi connectivity index (χ0) is 21.1. The maximum Gasteiger partial charge on any atom is 0.249 e. The molecule has 1 aromatic carbocycles. The maximum absolute atomic E-state index is 13.1. The third-order valence-electron chi connectivity index (χ3n) is 5.47. The van der Waals surface area contributed by atoms with E-state index in [0.29, 0.717) is 56.0 Å². The Morgan fingerprint density at radius 3 is 2.50 bits per heavy atom. The van der Waals surface area contributed by atoms with E-state index < -0.39 is 6.04 Å². The molecule has 1 saturated carbocycles. The number of halogens is 1. The van der Waals surface area contributed by atoms with Crippen LogP contribution in [-0.2, 0) is 9.59 Å². The second-order valence-electron chi connectivity index (χ2n) is 7.81. The lowest BCUT2D eigenvalue weighted by atomic mass is 10.2. The number of hydrogen-bond acceptors (Lipinski definition) is 6. The number of benzene rings is 1. The molecule has 2 aromatic rings. The van der Waals surface area contributed by atoms with Crippen LogP contribution in [0.25, 0.3) is 11.4 Å². The molecule has 9 nitrogen and oxygen atoms in total. The number of amides is 2. The predicted octanol–water partition coefficient (Wildman–Crippen LogP) is 1.37. The Morgan fingerprint density at radius 2 is 1.87 bits per heavy atom. The van der Waals surface area contributed by atoms with Crippen LogP contribution in [0.1, 0.15) is 32.2 Å². The fourth-order valence-corrected chi connectivity index (χ4v) is 3.68. The van der Waals surface area contributed by atoms with Gasteiger partial charge in [0, 0.05) is 42.8 Å². The summed E-state index contributed by atoms with van der Waals surface area (Å²) in [6.07, 6.45) is 2.74. The summed E-state index contributed by atoms with van der Waals surface area (Å²) in [4.78, 5) is 30.4. The summed E-state index contributed by atoms with van der Waals surface area (Å²) in [6.45, 7) is 4.87. The zero-order valence-electron chi connectivity index (χ0n) is 17.0. The third kappa shape index (κ3) is 4.96. The molecule has 1 aliphatic heterocycles. The Labute approximate surface area is 180 Å². The molecule has 1 N–H and O–H groups in total. The summed E-state index contributed by atoms with van der Waals surface area (Å²) < 4.78 is 0. The standard InChI is InChI=1S/C20H26ClN7O2/c1-2-17(28-24-19(23-25-28)14-3-5-15(21)6-4-14)20(30)27-11-9-26(10-12-27)13-18(29)22-16-7-8-16/h3-6,16-17H,2,7-13H2,1H3,(H,22,29). The van der Waals surface area contributed by atoms with Crippen molar-refractivity contribution in [3.8, 4) is 11.4 Å². The molecule has 2 fully saturated rings. The third-order valence-corrected chi connectivity index (χ3v) is 5.73. The molecule has 0 spiro atoms. The molecule has 0 radical (unpaired) electrons. The van der Waals surface area contributed by atoms with E-state index in [2.05, 4.69) is 25.6 Å². The number of rotatable bonds is 7. The van der Waals surface area contributed by atoms with E-state index in [9.17, 15) is 9.59 Å². The van der Waals surface area contributed by atoms with E-state index in [1.54, 1.807) is 12.1 Å². The second-order valence-corrected chi connectivity index (χ2v) is 8.24. The average molecular weight is 432 g/mol. The summed E-state index contributed by atoms with van der Waals surface area (Å²) in [7, 11) is 0. The molecule has 10 heteroatoms. The fraction of sp³-hybridized carbons (Fsp3) is 0.550. The highest BCUT2D eigenvalue weighted by Crippen LogP contribution is 2.20. The van der Waals surface area contributed by atoms with Gasteiger partial charge in [-0.25, -0.2) is 0 Å². The van der Waals surface area contributed by atoms with E-state index >= 15 is 0 Å². The van der Waals surface area contributed by atoms with Crippen molar-refractivity contribution in [2.75, 3.05) is 32.7 Å². The lowest BCUT2D eigenvalue weighted by Crippen LogP contribution is -2.52. The molecule has 1 atom stereocenters. The summed E-state index contributed by atoms with van der Waals surface area (Å²) in [5, 5.41) is 16.3. The van der Waals surface area contributed by atoms with Crippen LogP contribution in [0, 0.1) is 0 Å². The van der Waals surface area contributed by atoms with Crippen molar-refractivity contribution in [1.29, 1.82) is 0 Å². The number of nitrogens with one attached hydrogen (secondary N) is 1. The summed E-state index contributed by atoms with van der Waals surface area (Å²) >= 11 is 5.93. The van der Waals surface area contributed by atoms with Gasteiger partial charge in [-0.2, -0.15) is 4.80 Å². The van der Waals surface area contributed by atoms with Crippen LogP contribution in [-0.4, -0.2) is 80.6 Å². The van der Waals surface area contributed by atoms with Crippen LogP contribution in [0.3, 0.4) is 0 Å². The lowest BCUT2D eigenvalue weighted by molar-refractivity contribution is -0.137.